The first-order valence-electron chi connectivity index (χ1n) is 11.3. The summed E-state index contributed by atoms with van der Waals surface area (Å²) in [5, 5.41) is 0. The Labute approximate surface area is 222 Å². The van der Waals surface area contributed by atoms with Crippen molar-refractivity contribution in [2.75, 3.05) is 25.0 Å². The molecule has 1 aliphatic heterocycles. The third-order valence-electron chi connectivity index (χ3n) is 5.82. The van der Waals surface area contributed by atoms with Gasteiger partial charge in [-0.05, 0) is 58.2 Å². The number of nitrogens with one attached hydrogen (secondary N) is 1. The van der Waals surface area contributed by atoms with Crippen LogP contribution in [-0.4, -0.2) is 51.4 Å². The zero-order chi connectivity index (χ0) is 26.7. The lowest BCUT2D eigenvalue weighted by Crippen LogP contribution is -2.33. The number of carbonyl (C=O) groups is 3. The van der Waals surface area contributed by atoms with Crippen LogP contribution in [0.15, 0.2) is 70.0 Å². The van der Waals surface area contributed by atoms with Crippen molar-refractivity contribution < 1.29 is 32.3 Å². The van der Waals surface area contributed by atoms with Crippen molar-refractivity contribution in [1.82, 2.24) is 4.90 Å². The number of fused-ring (bicyclic) bond motifs is 1. The molecule has 3 aromatic rings. The molecule has 1 heterocycles. The molecule has 2 amide bonds. The molecule has 192 valence electrons. The van der Waals surface area contributed by atoms with E-state index in [1.165, 1.54) is 19.2 Å². The number of rotatable bonds is 9. The molecule has 0 saturated carbocycles. The molecular formula is C26H23BrN2O7S. The largest absolute Gasteiger partial charge is 0.490 e. The number of hydrogen-bond acceptors (Lipinski definition) is 7. The number of sulfonamides is 1. The molecule has 0 atom stereocenters. The van der Waals surface area contributed by atoms with E-state index in [2.05, 4.69) is 20.7 Å². The number of anilines is 1. The molecule has 0 bridgehead atoms. The molecule has 3 aromatic carbocycles. The summed E-state index contributed by atoms with van der Waals surface area (Å²) in [5.41, 5.74) is 1.11. The number of benzene rings is 3. The Bertz CT molecular complexity index is 1470. The lowest BCUT2D eigenvalue weighted by molar-refractivity contribution is 0.0583. The molecule has 9 nitrogen and oxygen atoms in total. The van der Waals surface area contributed by atoms with E-state index >= 15 is 0 Å². The lowest BCUT2D eigenvalue weighted by Gasteiger charge is -2.20. The molecule has 0 aromatic heterocycles. The van der Waals surface area contributed by atoms with Crippen LogP contribution in [-0.2, 0) is 21.2 Å². The van der Waals surface area contributed by atoms with Gasteiger partial charge in [-0.3, -0.25) is 19.2 Å². The number of methoxy groups -OCH3 is 1. The first kappa shape index (κ1) is 26.4. The van der Waals surface area contributed by atoms with Crippen LogP contribution >= 0.6 is 15.9 Å². The highest BCUT2D eigenvalue weighted by molar-refractivity contribution is 9.10. The number of aryl methyl sites for hydroxylation is 1. The summed E-state index contributed by atoms with van der Waals surface area (Å²) in [6.45, 7) is 1.66. The van der Waals surface area contributed by atoms with Crippen molar-refractivity contribution in [2.24, 2.45) is 0 Å². The fraction of sp³-hybridized carbons (Fsp3) is 0.192. The Balaban J connectivity index is 1.64. The van der Waals surface area contributed by atoms with Crippen LogP contribution in [0.4, 0.5) is 5.69 Å². The second kappa shape index (κ2) is 10.7. The minimum absolute atomic E-state index is 0.0153. The number of halogens is 1. The Kier molecular flexibility index (Phi) is 7.65. The summed E-state index contributed by atoms with van der Waals surface area (Å²) < 4.78 is 39.9. The third kappa shape index (κ3) is 5.09. The maximum absolute atomic E-state index is 13.1. The summed E-state index contributed by atoms with van der Waals surface area (Å²) in [6, 6.07) is 15.9. The van der Waals surface area contributed by atoms with Gasteiger partial charge in [-0.2, -0.15) is 0 Å². The minimum atomic E-state index is -4.08. The van der Waals surface area contributed by atoms with Crippen molar-refractivity contribution >= 4 is 49.4 Å². The smallest absolute Gasteiger partial charge is 0.343 e. The first-order valence-corrected chi connectivity index (χ1v) is 13.6. The summed E-state index contributed by atoms with van der Waals surface area (Å²) in [7, 11) is -2.90. The quantitative estimate of drug-likeness (QED) is 0.293. The zero-order valence-corrected chi connectivity index (χ0v) is 22.4. The molecular weight excluding hydrogens is 564 g/mol. The summed E-state index contributed by atoms with van der Waals surface area (Å²) in [6.07, 6.45) is 0.462. The molecule has 0 radical (unpaired) electrons. The third-order valence-corrected chi connectivity index (χ3v) is 8.20. The van der Waals surface area contributed by atoms with Gasteiger partial charge in [0.2, 0.25) is 0 Å². The van der Waals surface area contributed by atoms with Gasteiger partial charge in [0.25, 0.3) is 21.8 Å². The molecule has 1 aliphatic rings. The number of amides is 2. The highest BCUT2D eigenvalue weighted by Crippen LogP contribution is 2.34. The number of esters is 1. The molecule has 0 aliphatic carbocycles. The predicted molar refractivity (Wildman–Crippen MR) is 139 cm³/mol. The predicted octanol–water partition coefficient (Wildman–Crippen LogP) is 4.27. The van der Waals surface area contributed by atoms with Gasteiger partial charge in [-0.15, -0.1) is 0 Å². The van der Waals surface area contributed by atoms with E-state index in [4.69, 9.17) is 9.47 Å². The lowest BCUT2D eigenvalue weighted by atomic mass is 10.0. The van der Waals surface area contributed by atoms with Gasteiger partial charge in [0.1, 0.15) is 22.8 Å². The number of ether oxygens (including phenoxy) is 2. The van der Waals surface area contributed by atoms with Crippen molar-refractivity contribution in [3.63, 3.8) is 0 Å². The van der Waals surface area contributed by atoms with E-state index in [-0.39, 0.29) is 35.0 Å². The maximum atomic E-state index is 13.1. The average molecular weight is 587 g/mol. The Morgan fingerprint density at radius 1 is 0.973 bits per heavy atom. The highest BCUT2D eigenvalue weighted by atomic mass is 79.9. The first-order chi connectivity index (χ1) is 17.7. The number of imide groups is 1. The monoisotopic (exact) mass is 586 g/mol. The van der Waals surface area contributed by atoms with Gasteiger partial charge < -0.3 is 9.47 Å². The molecule has 0 saturated heterocycles. The van der Waals surface area contributed by atoms with E-state index in [1.807, 2.05) is 6.92 Å². The van der Waals surface area contributed by atoms with Gasteiger partial charge in [0, 0.05) is 4.47 Å². The maximum Gasteiger partial charge on any atom is 0.343 e. The van der Waals surface area contributed by atoms with Crippen LogP contribution in [0.2, 0.25) is 0 Å². The van der Waals surface area contributed by atoms with Crippen LogP contribution < -0.4 is 9.46 Å². The van der Waals surface area contributed by atoms with E-state index in [0.29, 0.717) is 27.6 Å². The summed E-state index contributed by atoms with van der Waals surface area (Å²) in [4.78, 5) is 39.2. The average Bonchev–Trinajstić information content (AvgIpc) is 3.13. The summed E-state index contributed by atoms with van der Waals surface area (Å²) in [5.74, 6) is -1.56. The van der Waals surface area contributed by atoms with Gasteiger partial charge in [0.15, 0.2) is 0 Å². The van der Waals surface area contributed by atoms with Crippen LogP contribution in [0.3, 0.4) is 0 Å². The number of nitrogens with zero attached hydrogens (tertiary/aromatic N) is 1. The van der Waals surface area contributed by atoms with Crippen LogP contribution in [0, 0.1) is 0 Å². The molecule has 0 fully saturated rings. The highest BCUT2D eigenvalue weighted by Gasteiger charge is 2.35. The second-order valence-electron chi connectivity index (χ2n) is 8.01. The SMILES string of the molecule is CCc1ccc(NS(=O)(=O)c2ccccc2Br)c(C(=O)OC)c1OCCN1C(=O)c2ccccc2C1=O. The van der Waals surface area contributed by atoms with E-state index < -0.39 is 27.8 Å². The van der Waals surface area contributed by atoms with Gasteiger partial charge in [-0.25, -0.2) is 13.2 Å². The van der Waals surface area contributed by atoms with Gasteiger partial charge in [0.05, 0.1) is 30.5 Å². The van der Waals surface area contributed by atoms with Gasteiger partial charge in [-0.1, -0.05) is 37.3 Å². The Hall–Kier alpha value is -3.70. The fourth-order valence-corrected chi connectivity index (χ4v) is 6.08. The van der Waals surface area contributed by atoms with Gasteiger partial charge >= 0.3 is 5.97 Å². The summed E-state index contributed by atoms with van der Waals surface area (Å²) >= 11 is 3.24. The van der Waals surface area contributed by atoms with E-state index in [1.54, 1.807) is 48.5 Å². The van der Waals surface area contributed by atoms with E-state index in [9.17, 15) is 22.8 Å². The van der Waals surface area contributed by atoms with Crippen LogP contribution in [0.25, 0.3) is 0 Å². The Morgan fingerprint density at radius 3 is 2.19 bits per heavy atom. The Morgan fingerprint density at radius 2 is 1.59 bits per heavy atom. The minimum Gasteiger partial charge on any atom is -0.490 e. The number of hydrogen-bond donors (Lipinski definition) is 1. The topological polar surface area (TPSA) is 119 Å². The van der Waals surface area contributed by atoms with Crippen molar-refractivity contribution in [3.05, 3.63) is 87.4 Å². The second-order valence-corrected chi connectivity index (χ2v) is 10.5. The van der Waals surface area contributed by atoms with Crippen molar-refractivity contribution in [2.45, 2.75) is 18.2 Å². The number of carbonyl (C=O) groups excluding carboxylic acids is 3. The molecule has 0 unspecified atom stereocenters. The standard InChI is InChI=1S/C26H23BrN2O7S/c1-3-16-12-13-20(28-37(33,34)21-11-7-6-10-19(21)27)22(26(32)35-2)23(16)36-15-14-29-24(30)17-8-4-5-9-18(17)25(29)31/h4-13,28H,3,14-15H2,1-2H3. The molecule has 11 heteroatoms. The molecule has 37 heavy (non-hydrogen) atoms. The van der Waals surface area contributed by atoms with E-state index in [0.717, 1.165) is 4.90 Å². The normalized spacial score (nSPS) is 12.9. The van der Waals surface area contributed by atoms with Crippen LogP contribution in [0.5, 0.6) is 5.75 Å². The molecule has 1 N–H and O–H groups in total. The molecule has 0 spiro atoms. The fourth-order valence-electron chi connectivity index (χ4n) is 4.00. The molecule has 4 rings (SSSR count). The van der Waals surface area contributed by atoms with Crippen molar-refractivity contribution in [3.8, 4) is 5.75 Å². The zero-order valence-electron chi connectivity index (χ0n) is 20.0. The van der Waals surface area contributed by atoms with Crippen LogP contribution in [0.1, 0.15) is 43.6 Å². The van der Waals surface area contributed by atoms with Crippen molar-refractivity contribution in [1.29, 1.82) is 0 Å².